The average Bonchev–Trinajstić information content (AvgIpc) is 2.66. The highest BCUT2D eigenvalue weighted by Crippen LogP contribution is 2.20. The Balaban J connectivity index is 1.79. The summed E-state index contributed by atoms with van der Waals surface area (Å²) >= 11 is 0. The maximum Gasteiger partial charge on any atom is 0.338 e. The highest BCUT2D eigenvalue weighted by Gasteiger charge is 2.08. The first-order valence-electron chi connectivity index (χ1n) is 8.67. The highest BCUT2D eigenvalue weighted by molar-refractivity contribution is 5.89. The third kappa shape index (κ3) is 3.94. The lowest BCUT2D eigenvalue weighted by atomic mass is 10.1. The molecule has 0 amide bonds. The van der Waals surface area contributed by atoms with Gasteiger partial charge in [-0.1, -0.05) is 19.1 Å². The summed E-state index contributed by atoms with van der Waals surface area (Å²) in [4.78, 5) is 23.5. The standard InChI is InChI=1S/C21H21NO4/c1-3-14-5-10-18-16(12-20(23)26-19(18)11-14)13-22-17-8-6-15(7-9-17)21(24)25-4-2/h5-12,22H,3-4,13H2,1-2H3. The molecule has 3 aromatic rings. The molecule has 0 saturated carbocycles. The first-order chi connectivity index (χ1) is 12.6. The molecule has 0 aliphatic carbocycles. The molecule has 0 radical (unpaired) electrons. The molecule has 1 aromatic heterocycles. The Hall–Kier alpha value is -3.08. The van der Waals surface area contributed by atoms with Crippen LogP contribution in [-0.4, -0.2) is 12.6 Å². The van der Waals surface area contributed by atoms with E-state index in [9.17, 15) is 9.59 Å². The molecule has 1 N–H and O–H groups in total. The van der Waals surface area contributed by atoms with Crippen molar-refractivity contribution in [3.8, 4) is 0 Å². The Morgan fingerprint density at radius 1 is 1.08 bits per heavy atom. The topological polar surface area (TPSA) is 68.5 Å². The number of carbonyl (C=O) groups is 1. The van der Waals surface area contributed by atoms with E-state index in [0.29, 0.717) is 24.3 Å². The van der Waals surface area contributed by atoms with Gasteiger partial charge >= 0.3 is 11.6 Å². The lowest BCUT2D eigenvalue weighted by Gasteiger charge is -2.10. The number of hydrogen-bond acceptors (Lipinski definition) is 5. The van der Waals surface area contributed by atoms with Crippen molar-refractivity contribution < 1.29 is 13.9 Å². The van der Waals surface area contributed by atoms with Gasteiger partial charge in [-0.25, -0.2) is 9.59 Å². The van der Waals surface area contributed by atoms with Crippen molar-refractivity contribution in [2.24, 2.45) is 0 Å². The SMILES string of the molecule is CCOC(=O)c1ccc(NCc2cc(=O)oc3cc(CC)ccc23)cc1. The quantitative estimate of drug-likeness (QED) is 0.534. The van der Waals surface area contributed by atoms with Crippen LogP contribution in [0.2, 0.25) is 0 Å². The lowest BCUT2D eigenvalue weighted by Crippen LogP contribution is -2.07. The van der Waals surface area contributed by atoms with E-state index in [0.717, 1.165) is 28.6 Å². The molecule has 2 aromatic carbocycles. The van der Waals surface area contributed by atoms with Gasteiger partial charge in [0.15, 0.2) is 0 Å². The van der Waals surface area contributed by atoms with Crippen LogP contribution in [0.25, 0.3) is 11.0 Å². The van der Waals surface area contributed by atoms with E-state index in [1.165, 1.54) is 6.07 Å². The van der Waals surface area contributed by atoms with Crippen LogP contribution in [0.1, 0.15) is 35.3 Å². The summed E-state index contributed by atoms with van der Waals surface area (Å²) in [7, 11) is 0. The van der Waals surface area contributed by atoms with Gasteiger partial charge in [-0.15, -0.1) is 0 Å². The summed E-state index contributed by atoms with van der Waals surface area (Å²) < 4.78 is 10.3. The maximum absolute atomic E-state index is 11.9. The minimum Gasteiger partial charge on any atom is -0.462 e. The molecule has 0 unspecified atom stereocenters. The number of fused-ring (bicyclic) bond motifs is 1. The molecular formula is C21H21NO4. The first kappa shape index (κ1) is 17.7. The van der Waals surface area contributed by atoms with Crippen LogP contribution in [0.4, 0.5) is 5.69 Å². The zero-order chi connectivity index (χ0) is 18.5. The zero-order valence-electron chi connectivity index (χ0n) is 14.9. The van der Waals surface area contributed by atoms with E-state index in [4.69, 9.17) is 9.15 Å². The number of ether oxygens (including phenoxy) is 1. The molecule has 26 heavy (non-hydrogen) atoms. The van der Waals surface area contributed by atoms with Crippen molar-refractivity contribution >= 4 is 22.6 Å². The molecule has 134 valence electrons. The van der Waals surface area contributed by atoms with Crippen molar-refractivity contribution in [2.75, 3.05) is 11.9 Å². The first-order valence-corrected chi connectivity index (χ1v) is 8.67. The van der Waals surface area contributed by atoms with Crippen molar-refractivity contribution in [2.45, 2.75) is 26.8 Å². The summed E-state index contributed by atoms with van der Waals surface area (Å²) in [5.74, 6) is -0.336. The largest absolute Gasteiger partial charge is 0.462 e. The third-order valence-corrected chi connectivity index (χ3v) is 4.18. The molecule has 0 atom stereocenters. The fraction of sp³-hybridized carbons (Fsp3) is 0.238. The highest BCUT2D eigenvalue weighted by atomic mass is 16.5. The van der Waals surface area contributed by atoms with Crippen molar-refractivity contribution in [3.05, 3.63) is 75.6 Å². The van der Waals surface area contributed by atoms with Crippen LogP contribution in [0.5, 0.6) is 0 Å². The number of nitrogens with one attached hydrogen (secondary N) is 1. The molecule has 0 fully saturated rings. The van der Waals surface area contributed by atoms with Crippen LogP contribution in [0, 0.1) is 0 Å². The van der Waals surface area contributed by atoms with Crippen LogP contribution >= 0.6 is 0 Å². The molecule has 0 saturated heterocycles. The van der Waals surface area contributed by atoms with Gasteiger partial charge in [-0.2, -0.15) is 0 Å². The van der Waals surface area contributed by atoms with E-state index in [2.05, 4.69) is 12.2 Å². The number of aryl methyl sites for hydroxylation is 1. The third-order valence-electron chi connectivity index (χ3n) is 4.18. The Bertz CT molecular complexity index is 973. The number of carbonyl (C=O) groups excluding carboxylic acids is 1. The van der Waals surface area contributed by atoms with Gasteiger partial charge in [0.1, 0.15) is 5.58 Å². The monoisotopic (exact) mass is 351 g/mol. The molecule has 0 aliphatic rings. The van der Waals surface area contributed by atoms with E-state index in [1.807, 2.05) is 30.3 Å². The second kappa shape index (κ2) is 7.87. The molecule has 5 nitrogen and oxygen atoms in total. The molecular weight excluding hydrogens is 330 g/mol. The minimum absolute atomic E-state index is 0.336. The number of benzene rings is 2. The predicted molar refractivity (Wildman–Crippen MR) is 102 cm³/mol. The predicted octanol–water partition coefficient (Wildman–Crippen LogP) is 4.14. The van der Waals surface area contributed by atoms with Gasteiger partial charge in [0.05, 0.1) is 12.2 Å². The summed E-state index contributed by atoms with van der Waals surface area (Å²) in [6, 6.07) is 14.5. The van der Waals surface area contributed by atoms with E-state index < -0.39 is 0 Å². The average molecular weight is 351 g/mol. The lowest BCUT2D eigenvalue weighted by molar-refractivity contribution is 0.0526. The molecule has 0 spiro atoms. The van der Waals surface area contributed by atoms with Gasteiger partial charge in [-0.05, 0) is 54.8 Å². The van der Waals surface area contributed by atoms with Crippen LogP contribution in [0.3, 0.4) is 0 Å². The van der Waals surface area contributed by atoms with Gasteiger partial charge in [0.2, 0.25) is 0 Å². The van der Waals surface area contributed by atoms with Gasteiger partial charge in [0.25, 0.3) is 0 Å². The maximum atomic E-state index is 11.9. The smallest absolute Gasteiger partial charge is 0.338 e. The number of esters is 1. The number of anilines is 1. The molecule has 0 aliphatic heterocycles. The Labute approximate surface area is 151 Å². The van der Waals surface area contributed by atoms with Gasteiger partial charge in [0, 0.05) is 23.7 Å². The summed E-state index contributed by atoms with van der Waals surface area (Å²) in [6.45, 7) is 4.66. The summed E-state index contributed by atoms with van der Waals surface area (Å²) in [6.07, 6.45) is 0.884. The summed E-state index contributed by atoms with van der Waals surface area (Å²) in [5, 5.41) is 4.19. The Morgan fingerprint density at radius 2 is 1.85 bits per heavy atom. The van der Waals surface area contributed by atoms with Crippen LogP contribution in [0.15, 0.2) is 57.7 Å². The molecule has 0 bridgehead atoms. The van der Waals surface area contributed by atoms with Crippen molar-refractivity contribution in [1.82, 2.24) is 0 Å². The van der Waals surface area contributed by atoms with E-state index in [1.54, 1.807) is 19.1 Å². The Kier molecular flexibility index (Phi) is 5.37. The van der Waals surface area contributed by atoms with Crippen LogP contribution < -0.4 is 10.9 Å². The Morgan fingerprint density at radius 3 is 2.54 bits per heavy atom. The van der Waals surface area contributed by atoms with Crippen molar-refractivity contribution in [1.29, 1.82) is 0 Å². The van der Waals surface area contributed by atoms with Gasteiger partial charge in [-0.3, -0.25) is 0 Å². The fourth-order valence-electron chi connectivity index (χ4n) is 2.78. The van der Waals surface area contributed by atoms with E-state index in [-0.39, 0.29) is 11.6 Å². The van der Waals surface area contributed by atoms with E-state index >= 15 is 0 Å². The molecule has 3 rings (SSSR count). The zero-order valence-corrected chi connectivity index (χ0v) is 14.9. The number of hydrogen-bond donors (Lipinski definition) is 1. The molecule has 1 heterocycles. The fourth-order valence-corrected chi connectivity index (χ4v) is 2.78. The second-order valence-corrected chi connectivity index (χ2v) is 5.93. The van der Waals surface area contributed by atoms with Crippen LogP contribution in [-0.2, 0) is 17.7 Å². The normalized spacial score (nSPS) is 10.7. The molecule has 5 heteroatoms. The number of rotatable bonds is 6. The van der Waals surface area contributed by atoms with Gasteiger partial charge < -0.3 is 14.5 Å². The van der Waals surface area contributed by atoms with Crippen molar-refractivity contribution in [3.63, 3.8) is 0 Å². The minimum atomic E-state index is -0.361. The second-order valence-electron chi connectivity index (χ2n) is 5.93. The summed E-state index contributed by atoms with van der Waals surface area (Å²) in [5.41, 5.74) is 3.60.